The molecule has 0 amide bonds. The summed E-state index contributed by atoms with van der Waals surface area (Å²) in [5.74, 6) is 0. The first kappa shape index (κ1) is 12.1. The molecule has 1 aromatic rings. The minimum Gasteiger partial charge on any atom is -0.313 e. The van der Waals surface area contributed by atoms with Gasteiger partial charge in [-0.1, -0.05) is 6.92 Å². The van der Waals surface area contributed by atoms with Crippen LogP contribution in [0.4, 0.5) is 0 Å². The van der Waals surface area contributed by atoms with Crippen molar-refractivity contribution in [3.05, 3.63) is 22.4 Å². The maximum absolute atomic E-state index is 3.62. The third kappa shape index (κ3) is 2.84. The summed E-state index contributed by atoms with van der Waals surface area (Å²) in [6, 6.07) is 3.54. The smallest absolute Gasteiger partial charge is 0.0328 e. The van der Waals surface area contributed by atoms with Crippen LogP contribution in [0.5, 0.6) is 0 Å². The van der Waals surface area contributed by atoms with Gasteiger partial charge in [0.05, 0.1) is 0 Å². The van der Waals surface area contributed by atoms with Gasteiger partial charge in [-0.2, -0.15) is 11.3 Å². The molecule has 0 saturated carbocycles. The Morgan fingerprint density at radius 1 is 1.62 bits per heavy atom. The SMILES string of the molecule is CCCNC1CCN(C(C)c2ccsc2)C1. The van der Waals surface area contributed by atoms with E-state index < -0.39 is 0 Å². The molecular formula is C13H22N2S. The molecule has 1 aliphatic heterocycles. The summed E-state index contributed by atoms with van der Waals surface area (Å²) in [7, 11) is 0. The van der Waals surface area contributed by atoms with E-state index in [9.17, 15) is 0 Å². The van der Waals surface area contributed by atoms with Crippen LogP contribution < -0.4 is 5.32 Å². The summed E-state index contributed by atoms with van der Waals surface area (Å²) < 4.78 is 0. The van der Waals surface area contributed by atoms with Gasteiger partial charge in [0.15, 0.2) is 0 Å². The zero-order valence-corrected chi connectivity index (χ0v) is 11.1. The van der Waals surface area contributed by atoms with Crippen LogP contribution in [0.15, 0.2) is 16.8 Å². The second-order valence-corrected chi connectivity index (χ2v) is 5.45. The molecule has 1 fully saturated rings. The van der Waals surface area contributed by atoms with Gasteiger partial charge in [-0.05, 0) is 48.7 Å². The number of nitrogens with zero attached hydrogens (tertiary/aromatic N) is 1. The Kier molecular flexibility index (Phi) is 4.38. The normalized spacial score (nSPS) is 23.8. The monoisotopic (exact) mass is 238 g/mol. The Morgan fingerprint density at radius 3 is 3.19 bits per heavy atom. The lowest BCUT2D eigenvalue weighted by molar-refractivity contribution is 0.256. The van der Waals surface area contributed by atoms with E-state index in [1.54, 1.807) is 11.3 Å². The van der Waals surface area contributed by atoms with Crippen LogP contribution in [0, 0.1) is 0 Å². The highest BCUT2D eigenvalue weighted by atomic mass is 32.1. The standard InChI is InChI=1S/C13H22N2S/c1-3-6-14-13-4-7-15(9-13)11(2)12-5-8-16-10-12/h5,8,10-11,13-14H,3-4,6-7,9H2,1-2H3. The molecule has 2 nitrogen and oxygen atoms in total. The summed E-state index contributed by atoms with van der Waals surface area (Å²) in [4.78, 5) is 2.59. The second-order valence-electron chi connectivity index (χ2n) is 4.67. The zero-order chi connectivity index (χ0) is 11.4. The molecule has 2 rings (SSSR count). The number of thiophene rings is 1. The van der Waals surface area contributed by atoms with E-state index in [0.717, 1.165) is 6.54 Å². The van der Waals surface area contributed by atoms with E-state index in [-0.39, 0.29) is 0 Å². The molecule has 90 valence electrons. The average molecular weight is 238 g/mol. The number of hydrogen-bond donors (Lipinski definition) is 1. The van der Waals surface area contributed by atoms with Gasteiger partial charge in [0.25, 0.3) is 0 Å². The predicted octanol–water partition coefficient (Wildman–Crippen LogP) is 2.88. The molecular weight excluding hydrogens is 216 g/mol. The van der Waals surface area contributed by atoms with Crippen molar-refractivity contribution in [3.8, 4) is 0 Å². The number of rotatable bonds is 5. The minimum absolute atomic E-state index is 0.583. The van der Waals surface area contributed by atoms with Crippen LogP contribution in [0.3, 0.4) is 0 Å². The van der Waals surface area contributed by atoms with Gasteiger partial charge >= 0.3 is 0 Å². The minimum atomic E-state index is 0.583. The maximum atomic E-state index is 3.62. The molecule has 2 unspecified atom stereocenters. The topological polar surface area (TPSA) is 15.3 Å². The highest BCUT2D eigenvalue weighted by Crippen LogP contribution is 2.26. The Balaban J connectivity index is 1.84. The molecule has 2 heterocycles. The highest BCUT2D eigenvalue weighted by Gasteiger charge is 2.26. The van der Waals surface area contributed by atoms with Crippen molar-refractivity contribution < 1.29 is 0 Å². The van der Waals surface area contributed by atoms with Gasteiger partial charge in [-0.15, -0.1) is 0 Å². The van der Waals surface area contributed by atoms with Crippen LogP contribution in [0.25, 0.3) is 0 Å². The van der Waals surface area contributed by atoms with E-state index in [4.69, 9.17) is 0 Å². The summed E-state index contributed by atoms with van der Waals surface area (Å²) in [6.07, 6.45) is 2.53. The van der Waals surface area contributed by atoms with Crippen molar-refractivity contribution in [2.75, 3.05) is 19.6 Å². The van der Waals surface area contributed by atoms with E-state index in [0.29, 0.717) is 12.1 Å². The average Bonchev–Trinajstić information content (AvgIpc) is 2.96. The van der Waals surface area contributed by atoms with Gasteiger partial charge in [0, 0.05) is 25.2 Å². The van der Waals surface area contributed by atoms with E-state index in [2.05, 4.69) is 40.9 Å². The Bertz CT molecular complexity index is 297. The van der Waals surface area contributed by atoms with E-state index in [1.807, 2.05) is 0 Å². The van der Waals surface area contributed by atoms with Crippen molar-refractivity contribution in [2.45, 2.75) is 38.8 Å². The Morgan fingerprint density at radius 2 is 2.50 bits per heavy atom. The molecule has 0 aromatic carbocycles. The summed E-state index contributed by atoms with van der Waals surface area (Å²) in [5, 5.41) is 8.07. The zero-order valence-electron chi connectivity index (χ0n) is 10.3. The molecule has 1 N–H and O–H groups in total. The number of likely N-dealkylation sites (tertiary alicyclic amines) is 1. The summed E-state index contributed by atoms with van der Waals surface area (Å²) in [6.45, 7) is 8.15. The van der Waals surface area contributed by atoms with Gasteiger partial charge in [0.2, 0.25) is 0 Å². The lowest BCUT2D eigenvalue weighted by atomic mass is 10.1. The van der Waals surface area contributed by atoms with Crippen molar-refractivity contribution in [2.24, 2.45) is 0 Å². The fraction of sp³-hybridized carbons (Fsp3) is 0.692. The summed E-state index contributed by atoms with van der Waals surface area (Å²) >= 11 is 1.80. The first-order valence-electron chi connectivity index (χ1n) is 6.30. The molecule has 3 heteroatoms. The second kappa shape index (κ2) is 5.80. The molecule has 1 saturated heterocycles. The quantitative estimate of drug-likeness (QED) is 0.848. The third-order valence-corrected chi connectivity index (χ3v) is 4.18. The Labute approximate surface area is 103 Å². The molecule has 0 aliphatic carbocycles. The van der Waals surface area contributed by atoms with Crippen molar-refractivity contribution >= 4 is 11.3 Å². The largest absolute Gasteiger partial charge is 0.313 e. The van der Waals surface area contributed by atoms with Gasteiger partial charge in [-0.25, -0.2) is 0 Å². The number of hydrogen-bond acceptors (Lipinski definition) is 3. The van der Waals surface area contributed by atoms with E-state index >= 15 is 0 Å². The Hall–Kier alpha value is -0.380. The summed E-state index contributed by atoms with van der Waals surface area (Å²) in [5.41, 5.74) is 1.47. The van der Waals surface area contributed by atoms with Crippen LogP contribution in [0.1, 0.15) is 38.3 Å². The fourth-order valence-electron chi connectivity index (χ4n) is 2.38. The van der Waals surface area contributed by atoms with Crippen LogP contribution in [0.2, 0.25) is 0 Å². The molecule has 1 aromatic heterocycles. The first-order chi connectivity index (χ1) is 7.81. The predicted molar refractivity (Wildman–Crippen MR) is 71.0 cm³/mol. The molecule has 2 atom stereocenters. The van der Waals surface area contributed by atoms with Gasteiger partial charge < -0.3 is 5.32 Å². The van der Waals surface area contributed by atoms with Gasteiger partial charge in [-0.3, -0.25) is 4.90 Å². The highest BCUT2D eigenvalue weighted by molar-refractivity contribution is 7.07. The lowest BCUT2D eigenvalue weighted by Gasteiger charge is -2.23. The molecule has 16 heavy (non-hydrogen) atoms. The van der Waals surface area contributed by atoms with Crippen molar-refractivity contribution in [1.29, 1.82) is 0 Å². The van der Waals surface area contributed by atoms with Crippen molar-refractivity contribution in [1.82, 2.24) is 10.2 Å². The molecule has 0 spiro atoms. The van der Waals surface area contributed by atoms with Crippen molar-refractivity contribution in [3.63, 3.8) is 0 Å². The third-order valence-electron chi connectivity index (χ3n) is 3.48. The lowest BCUT2D eigenvalue weighted by Crippen LogP contribution is -2.33. The number of nitrogens with one attached hydrogen (secondary N) is 1. The molecule has 0 radical (unpaired) electrons. The van der Waals surface area contributed by atoms with Crippen LogP contribution >= 0.6 is 11.3 Å². The van der Waals surface area contributed by atoms with Crippen LogP contribution in [-0.2, 0) is 0 Å². The van der Waals surface area contributed by atoms with Crippen LogP contribution in [-0.4, -0.2) is 30.6 Å². The molecule has 1 aliphatic rings. The fourth-order valence-corrected chi connectivity index (χ4v) is 3.12. The molecule has 0 bridgehead atoms. The van der Waals surface area contributed by atoms with Gasteiger partial charge in [0.1, 0.15) is 0 Å². The maximum Gasteiger partial charge on any atom is 0.0328 e. The van der Waals surface area contributed by atoms with E-state index in [1.165, 1.54) is 31.5 Å². The first-order valence-corrected chi connectivity index (χ1v) is 7.25.